The van der Waals surface area contributed by atoms with E-state index in [1.807, 2.05) is 6.07 Å². The lowest BCUT2D eigenvalue weighted by molar-refractivity contribution is -0.117. The molecule has 1 aromatic heterocycles. The Balaban J connectivity index is 2.16. The van der Waals surface area contributed by atoms with E-state index >= 15 is 0 Å². The molecule has 0 aliphatic heterocycles. The van der Waals surface area contributed by atoms with E-state index in [0.717, 1.165) is 24.4 Å². The Labute approximate surface area is 89.7 Å². The molecule has 2 rings (SSSR count). The summed E-state index contributed by atoms with van der Waals surface area (Å²) < 4.78 is 3.79. The third-order valence-corrected chi connectivity index (χ3v) is 3.08. The molecule has 0 spiro atoms. The van der Waals surface area contributed by atoms with Gasteiger partial charge in [0.15, 0.2) is 5.15 Å². The Morgan fingerprint density at radius 1 is 1.71 bits per heavy atom. The quantitative estimate of drug-likeness (QED) is 0.841. The standard InChI is InChI=1S/C8H6ClN3OS/c9-6-5(3-10)8(14-12-6)11-7(13)4-1-2-4/h4H,1-2H2,(H,11,13). The number of hydrogen-bond acceptors (Lipinski definition) is 4. The number of halogens is 1. The minimum absolute atomic E-state index is 0.0400. The van der Waals surface area contributed by atoms with Crippen LogP contribution in [0.3, 0.4) is 0 Å². The lowest BCUT2D eigenvalue weighted by Crippen LogP contribution is -2.12. The van der Waals surface area contributed by atoms with Crippen LogP contribution in [0.2, 0.25) is 5.15 Å². The predicted molar refractivity (Wildman–Crippen MR) is 53.2 cm³/mol. The normalized spacial score (nSPS) is 14.9. The molecular formula is C8H6ClN3OS. The van der Waals surface area contributed by atoms with Gasteiger partial charge in [0.1, 0.15) is 16.6 Å². The van der Waals surface area contributed by atoms with Gasteiger partial charge in [0.2, 0.25) is 5.91 Å². The summed E-state index contributed by atoms with van der Waals surface area (Å²) in [4.78, 5) is 11.4. The third-order valence-electron chi connectivity index (χ3n) is 1.95. The van der Waals surface area contributed by atoms with Gasteiger partial charge in [-0.05, 0) is 24.4 Å². The first-order chi connectivity index (χ1) is 6.72. The predicted octanol–water partition coefficient (Wildman–Crippen LogP) is 2.02. The molecule has 0 atom stereocenters. The van der Waals surface area contributed by atoms with Crippen LogP contribution in [0, 0.1) is 17.2 Å². The van der Waals surface area contributed by atoms with Gasteiger partial charge in [-0.3, -0.25) is 4.79 Å². The fourth-order valence-corrected chi connectivity index (χ4v) is 1.95. The SMILES string of the molecule is N#Cc1c(Cl)nsc1NC(=O)C1CC1. The van der Waals surface area contributed by atoms with Crippen LogP contribution in [-0.2, 0) is 4.79 Å². The summed E-state index contributed by atoms with van der Waals surface area (Å²) in [7, 11) is 0. The number of anilines is 1. The second-order valence-corrected chi connectivity index (χ2v) is 4.18. The monoisotopic (exact) mass is 227 g/mol. The minimum Gasteiger partial charge on any atom is -0.315 e. The van der Waals surface area contributed by atoms with Crippen molar-refractivity contribution in [2.75, 3.05) is 5.32 Å². The summed E-state index contributed by atoms with van der Waals surface area (Å²) in [5.41, 5.74) is 0.255. The van der Waals surface area contributed by atoms with Crippen LogP contribution in [0.1, 0.15) is 18.4 Å². The zero-order valence-electron chi connectivity index (χ0n) is 7.08. The first-order valence-electron chi connectivity index (χ1n) is 4.08. The Morgan fingerprint density at radius 2 is 2.43 bits per heavy atom. The molecule has 1 aromatic rings. The molecule has 4 nitrogen and oxygen atoms in total. The first kappa shape index (κ1) is 9.44. The van der Waals surface area contributed by atoms with Crippen molar-refractivity contribution in [2.45, 2.75) is 12.8 Å². The number of nitrogens with zero attached hydrogens (tertiary/aromatic N) is 2. The van der Waals surface area contributed by atoms with Gasteiger partial charge < -0.3 is 5.32 Å². The van der Waals surface area contributed by atoms with Crippen molar-refractivity contribution >= 4 is 34.0 Å². The van der Waals surface area contributed by atoms with E-state index in [-0.39, 0.29) is 22.5 Å². The number of aromatic nitrogens is 1. The molecule has 1 aliphatic carbocycles. The number of hydrogen-bond donors (Lipinski definition) is 1. The molecule has 0 unspecified atom stereocenters. The maximum atomic E-state index is 11.4. The smallest absolute Gasteiger partial charge is 0.228 e. The fourth-order valence-electron chi connectivity index (χ4n) is 1.01. The van der Waals surface area contributed by atoms with Gasteiger partial charge in [-0.15, -0.1) is 0 Å². The number of carbonyl (C=O) groups excluding carboxylic acids is 1. The van der Waals surface area contributed by atoms with E-state index in [4.69, 9.17) is 16.9 Å². The highest BCUT2D eigenvalue weighted by Crippen LogP contribution is 2.33. The summed E-state index contributed by atoms with van der Waals surface area (Å²) in [6.45, 7) is 0. The third kappa shape index (κ3) is 1.72. The summed E-state index contributed by atoms with van der Waals surface area (Å²) in [5, 5.41) is 12.0. The molecule has 1 saturated carbocycles. The van der Waals surface area contributed by atoms with Crippen LogP contribution in [-0.4, -0.2) is 10.3 Å². The number of rotatable bonds is 2. The summed E-state index contributed by atoms with van der Waals surface area (Å²) in [6, 6.07) is 1.91. The fraction of sp³-hybridized carbons (Fsp3) is 0.375. The van der Waals surface area contributed by atoms with Crippen molar-refractivity contribution in [3.63, 3.8) is 0 Å². The topological polar surface area (TPSA) is 65.8 Å². The van der Waals surface area contributed by atoms with Crippen molar-refractivity contribution < 1.29 is 4.79 Å². The molecule has 6 heteroatoms. The highest BCUT2D eigenvalue weighted by molar-refractivity contribution is 7.11. The van der Waals surface area contributed by atoms with Gasteiger partial charge >= 0.3 is 0 Å². The van der Waals surface area contributed by atoms with Crippen molar-refractivity contribution in [2.24, 2.45) is 5.92 Å². The molecular weight excluding hydrogens is 222 g/mol. The van der Waals surface area contributed by atoms with Crippen molar-refractivity contribution in [3.8, 4) is 6.07 Å². The van der Waals surface area contributed by atoms with Crippen LogP contribution >= 0.6 is 23.1 Å². The molecule has 1 amide bonds. The lowest BCUT2D eigenvalue weighted by atomic mass is 10.3. The van der Waals surface area contributed by atoms with Crippen LogP contribution in [0.5, 0.6) is 0 Å². The maximum absolute atomic E-state index is 11.4. The molecule has 0 bridgehead atoms. The molecule has 1 heterocycles. The van der Waals surface area contributed by atoms with E-state index < -0.39 is 0 Å². The zero-order chi connectivity index (χ0) is 10.1. The Bertz CT molecular complexity index is 419. The Hall–Kier alpha value is -1.12. The van der Waals surface area contributed by atoms with Crippen LogP contribution in [0.25, 0.3) is 0 Å². The first-order valence-corrected chi connectivity index (χ1v) is 5.23. The van der Waals surface area contributed by atoms with E-state index in [1.54, 1.807) is 0 Å². The average molecular weight is 228 g/mol. The number of nitrogens with one attached hydrogen (secondary N) is 1. The number of amides is 1. The largest absolute Gasteiger partial charge is 0.315 e. The van der Waals surface area contributed by atoms with Gasteiger partial charge in [0.25, 0.3) is 0 Å². The maximum Gasteiger partial charge on any atom is 0.228 e. The molecule has 1 aliphatic rings. The van der Waals surface area contributed by atoms with Gasteiger partial charge in [0, 0.05) is 5.92 Å². The Morgan fingerprint density at radius 3 is 3.00 bits per heavy atom. The molecule has 14 heavy (non-hydrogen) atoms. The van der Waals surface area contributed by atoms with Crippen LogP contribution in [0.15, 0.2) is 0 Å². The summed E-state index contributed by atoms with van der Waals surface area (Å²) in [6.07, 6.45) is 1.86. The zero-order valence-corrected chi connectivity index (χ0v) is 8.65. The summed E-state index contributed by atoms with van der Waals surface area (Å²) >= 11 is 6.69. The second kappa shape index (κ2) is 3.56. The van der Waals surface area contributed by atoms with Gasteiger partial charge in [0.05, 0.1) is 0 Å². The molecule has 1 N–H and O–H groups in total. The second-order valence-electron chi connectivity index (χ2n) is 3.05. The van der Waals surface area contributed by atoms with Crippen molar-refractivity contribution in [3.05, 3.63) is 10.7 Å². The van der Waals surface area contributed by atoms with Gasteiger partial charge in [-0.1, -0.05) is 11.6 Å². The highest BCUT2D eigenvalue weighted by Gasteiger charge is 2.30. The van der Waals surface area contributed by atoms with Crippen LogP contribution in [0.4, 0.5) is 5.00 Å². The average Bonchev–Trinajstić information content (AvgIpc) is 2.93. The lowest BCUT2D eigenvalue weighted by Gasteiger charge is -1.99. The van der Waals surface area contributed by atoms with Crippen molar-refractivity contribution in [1.29, 1.82) is 5.26 Å². The van der Waals surface area contributed by atoms with Crippen molar-refractivity contribution in [1.82, 2.24) is 4.37 Å². The van der Waals surface area contributed by atoms with E-state index in [9.17, 15) is 4.79 Å². The van der Waals surface area contributed by atoms with Crippen LogP contribution < -0.4 is 5.32 Å². The molecule has 1 fully saturated rings. The molecule has 0 saturated heterocycles. The van der Waals surface area contributed by atoms with E-state index in [2.05, 4.69) is 9.69 Å². The number of carbonyl (C=O) groups is 1. The van der Waals surface area contributed by atoms with Gasteiger partial charge in [-0.25, -0.2) is 0 Å². The number of nitriles is 1. The molecule has 0 radical (unpaired) electrons. The Kier molecular flexibility index (Phi) is 2.40. The highest BCUT2D eigenvalue weighted by atomic mass is 35.5. The summed E-state index contributed by atoms with van der Waals surface area (Å²) in [5.74, 6) is 0.0734. The van der Waals surface area contributed by atoms with Gasteiger partial charge in [-0.2, -0.15) is 9.64 Å². The minimum atomic E-state index is -0.0400. The molecule has 72 valence electrons. The van der Waals surface area contributed by atoms with E-state index in [1.165, 1.54) is 0 Å². The molecule has 0 aromatic carbocycles. The van der Waals surface area contributed by atoms with E-state index in [0.29, 0.717) is 5.00 Å².